The van der Waals surface area contributed by atoms with Gasteiger partial charge in [-0.2, -0.15) is 10.2 Å². The van der Waals surface area contributed by atoms with E-state index in [1.165, 1.54) is 49.4 Å². The van der Waals surface area contributed by atoms with Gasteiger partial charge in [-0.15, -0.1) is 0 Å². The number of esters is 2. The van der Waals surface area contributed by atoms with Crippen molar-refractivity contribution in [2.45, 2.75) is 0 Å². The molecule has 0 atom stereocenters. The molecule has 2 heterocycles. The number of carbonyl (C=O) groups excluding carboxylic acids is 2. The minimum atomic E-state index is -1.51. The van der Waals surface area contributed by atoms with Crippen molar-refractivity contribution in [3.63, 3.8) is 0 Å². The molecule has 16 nitrogen and oxygen atoms in total. The number of aromatic amines is 1. The van der Waals surface area contributed by atoms with Crippen LogP contribution in [0.25, 0.3) is 5.69 Å². The van der Waals surface area contributed by atoms with Crippen LogP contribution in [0, 0.1) is 20.2 Å². The molecule has 214 valence electrons. The molecule has 0 saturated carbocycles. The summed E-state index contributed by atoms with van der Waals surface area (Å²) in [6.07, 6.45) is 2.43. The molecule has 0 bridgehead atoms. The van der Waals surface area contributed by atoms with E-state index in [2.05, 4.69) is 56.6 Å². The topological polar surface area (TPSA) is 226 Å². The Bertz CT molecular complexity index is 1510. The van der Waals surface area contributed by atoms with E-state index >= 15 is 0 Å². The minimum absolute atomic E-state index is 0.0463. The van der Waals surface area contributed by atoms with Crippen LogP contribution in [0.4, 0.5) is 11.4 Å². The van der Waals surface area contributed by atoms with E-state index < -0.39 is 28.9 Å². The summed E-state index contributed by atoms with van der Waals surface area (Å²) in [6.45, 7) is 0. The fourth-order valence-electron chi connectivity index (χ4n) is 2.77. The molecule has 0 spiro atoms. The van der Waals surface area contributed by atoms with Gasteiger partial charge in [-0.3, -0.25) is 25.3 Å². The molecule has 2 aromatic heterocycles. The number of hydrogen-bond donors (Lipinski definition) is 3. The van der Waals surface area contributed by atoms with Crippen LogP contribution in [0.3, 0.4) is 0 Å². The number of carbonyl (C=O) groups is 2. The van der Waals surface area contributed by atoms with E-state index in [4.69, 9.17) is 10.0 Å². The van der Waals surface area contributed by atoms with Gasteiger partial charge in [-0.1, -0.05) is 12.1 Å². The number of hydrogen-bond acceptors (Lipinski definition) is 12. The van der Waals surface area contributed by atoms with E-state index in [1.54, 1.807) is 24.3 Å². The first-order valence-electron chi connectivity index (χ1n) is 10.9. The molecule has 3 N–H and O–H groups in total. The van der Waals surface area contributed by atoms with E-state index in [9.17, 15) is 29.8 Å². The largest absolute Gasteiger partial charge is 0.488 e. The second-order valence-electron chi connectivity index (χ2n) is 7.36. The maximum absolute atomic E-state index is 11.3. The van der Waals surface area contributed by atoms with Gasteiger partial charge in [0, 0.05) is 0 Å². The van der Waals surface area contributed by atoms with Gasteiger partial charge in [0.25, 0.3) is 0 Å². The lowest BCUT2D eigenvalue weighted by molar-refractivity contribution is -0.385. The van der Waals surface area contributed by atoms with Crippen molar-refractivity contribution in [2.24, 2.45) is 0 Å². The number of halogens is 2. The molecular weight excluding hydrogens is 679 g/mol. The van der Waals surface area contributed by atoms with Crippen LogP contribution in [-0.4, -0.2) is 73.1 Å². The highest BCUT2D eigenvalue weighted by Gasteiger charge is 2.18. The van der Waals surface area contributed by atoms with Gasteiger partial charge in [-0.05, 0) is 73.7 Å². The number of ether oxygens (including phenoxy) is 2. The zero-order valence-electron chi connectivity index (χ0n) is 21.0. The van der Waals surface area contributed by atoms with Crippen molar-refractivity contribution in [1.82, 2.24) is 20.0 Å². The Morgan fingerprint density at radius 3 is 1.73 bits per heavy atom. The van der Waals surface area contributed by atoms with Crippen molar-refractivity contribution in [2.75, 3.05) is 14.2 Å². The van der Waals surface area contributed by atoms with E-state index in [-0.39, 0.29) is 16.0 Å². The molecule has 0 saturated heterocycles. The van der Waals surface area contributed by atoms with Gasteiger partial charge in [0.1, 0.15) is 12.4 Å². The average Bonchev–Trinajstić information content (AvgIpc) is 3.58. The smallest absolute Gasteiger partial charge is 0.465 e. The van der Waals surface area contributed by atoms with Crippen LogP contribution in [0.5, 0.6) is 0 Å². The maximum Gasteiger partial charge on any atom is 0.488 e. The lowest BCUT2D eigenvalue weighted by Gasteiger charge is -2.02. The summed E-state index contributed by atoms with van der Waals surface area (Å²) in [4.78, 5) is 41.9. The first-order valence-corrected chi connectivity index (χ1v) is 12.4. The van der Waals surface area contributed by atoms with E-state index in [1.807, 2.05) is 0 Å². The third-order valence-corrected chi connectivity index (χ3v) is 5.95. The Kier molecular flexibility index (Phi) is 12.3. The minimum Gasteiger partial charge on any atom is -0.465 e. The molecule has 19 heteroatoms. The SMILES string of the molecule is COC(=O)c1ccc(-n2cc([N+](=O)[O-])c(Br)n2)cc1.COC(=O)c1ccc(B(O)O)cc1.O=[N+]([O-])c1cn[nH]c1Br. The molecule has 0 unspecified atom stereocenters. The Balaban J connectivity index is 0.000000232. The lowest BCUT2D eigenvalue weighted by atomic mass is 9.80. The van der Waals surface area contributed by atoms with Gasteiger partial charge >= 0.3 is 30.4 Å². The molecule has 0 amide bonds. The van der Waals surface area contributed by atoms with Crippen LogP contribution in [0.15, 0.2) is 70.1 Å². The summed E-state index contributed by atoms with van der Waals surface area (Å²) in [6, 6.07) is 12.2. The molecule has 0 aliphatic rings. The van der Waals surface area contributed by atoms with Crippen LogP contribution in [0.2, 0.25) is 0 Å². The lowest BCUT2D eigenvalue weighted by Crippen LogP contribution is -2.29. The van der Waals surface area contributed by atoms with Crippen LogP contribution in [0.1, 0.15) is 20.7 Å². The molecule has 0 aliphatic heterocycles. The third kappa shape index (κ3) is 9.31. The number of nitrogens with one attached hydrogen (secondary N) is 1. The van der Waals surface area contributed by atoms with Crippen molar-refractivity contribution >= 4 is 67.8 Å². The van der Waals surface area contributed by atoms with Gasteiger partial charge < -0.3 is 19.5 Å². The molecule has 4 rings (SSSR count). The van der Waals surface area contributed by atoms with Gasteiger partial charge in [0.15, 0.2) is 4.60 Å². The van der Waals surface area contributed by atoms with Crippen molar-refractivity contribution < 1.29 is 39.0 Å². The summed E-state index contributed by atoms with van der Waals surface area (Å²) in [7, 11) is 1.08. The number of nitrogens with zero attached hydrogens (tertiary/aromatic N) is 5. The van der Waals surface area contributed by atoms with E-state index in [0.29, 0.717) is 26.9 Å². The second-order valence-corrected chi connectivity index (χ2v) is 8.90. The molecule has 4 aromatic rings. The highest BCUT2D eigenvalue weighted by atomic mass is 79.9. The van der Waals surface area contributed by atoms with E-state index in [0.717, 1.165) is 6.20 Å². The van der Waals surface area contributed by atoms with Crippen LogP contribution in [-0.2, 0) is 9.47 Å². The normalized spacial score (nSPS) is 9.80. The summed E-state index contributed by atoms with van der Waals surface area (Å²) >= 11 is 5.92. The molecule has 0 aliphatic carbocycles. The van der Waals surface area contributed by atoms with Crippen molar-refractivity contribution in [3.05, 3.63) is 101 Å². The van der Waals surface area contributed by atoms with Crippen LogP contribution >= 0.6 is 31.9 Å². The van der Waals surface area contributed by atoms with Crippen molar-refractivity contribution in [1.29, 1.82) is 0 Å². The fourth-order valence-corrected chi connectivity index (χ4v) is 3.53. The Morgan fingerprint density at radius 1 is 0.902 bits per heavy atom. The average molecular weight is 698 g/mol. The monoisotopic (exact) mass is 696 g/mol. The number of methoxy groups -OCH3 is 2. The summed E-state index contributed by atoms with van der Waals surface area (Å²) in [5, 5.41) is 48.0. The van der Waals surface area contributed by atoms with Crippen LogP contribution < -0.4 is 5.46 Å². The number of benzene rings is 2. The van der Waals surface area contributed by atoms with Crippen molar-refractivity contribution in [3.8, 4) is 5.69 Å². The predicted octanol–water partition coefficient (Wildman–Crippen LogP) is 2.56. The number of nitro groups is 2. The third-order valence-electron chi connectivity index (χ3n) is 4.80. The number of H-pyrrole nitrogens is 1. The Hall–Kier alpha value is -4.46. The van der Waals surface area contributed by atoms with Gasteiger partial charge in [0.2, 0.25) is 4.60 Å². The highest BCUT2D eigenvalue weighted by Crippen LogP contribution is 2.24. The summed E-state index contributed by atoms with van der Waals surface area (Å²) < 4.78 is 10.8. The number of aromatic nitrogens is 4. The van der Waals surface area contributed by atoms with Gasteiger partial charge in [-0.25, -0.2) is 14.3 Å². The highest BCUT2D eigenvalue weighted by molar-refractivity contribution is 9.10. The number of rotatable bonds is 6. The zero-order valence-corrected chi connectivity index (χ0v) is 24.2. The first-order chi connectivity index (χ1) is 19.4. The molecule has 41 heavy (non-hydrogen) atoms. The predicted molar refractivity (Wildman–Crippen MR) is 150 cm³/mol. The zero-order chi connectivity index (χ0) is 30.7. The Morgan fingerprint density at radius 2 is 1.39 bits per heavy atom. The standard InChI is InChI=1S/C11H8BrN3O4.C8H9BO4.C3H2BrN3O2/c1-19-11(16)7-2-4-8(5-3-7)14-6-9(15(17)18)10(12)13-14;1-13-8(10)6-2-4-7(5-3-6)9(11)12;4-3-2(7(8)9)1-5-6-3/h2-6H,1H3;2-5,11-12H,1H3;1H,(H,5,6). The summed E-state index contributed by atoms with van der Waals surface area (Å²) in [5.41, 5.74) is 1.54. The molecule has 0 radical (unpaired) electrons. The first kappa shape index (κ1) is 32.8. The molecule has 2 aromatic carbocycles. The molecular formula is C22H19BBr2N6O10. The summed E-state index contributed by atoms with van der Waals surface area (Å²) in [5.74, 6) is -0.891. The van der Waals surface area contributed by atoms with Gasteiger partial charge in [0.05, 0.1) is 40.9 Å². The quantitative estimate of drug-likeness (QED) is 0.114. The second kappa shape index (κ2) is 15.4. The fraction of sp³-hybridized carbons (Fsp3) is 0.0909. The Labute approximate surface area is 247 Å². The molecule has 0 fully saturated rings. The maximum atomic E-state index is 11.3.